The Morgan fingerprint density at radius 1 is 1.28 bits per heavy atom. The van der Waals surface area contributed by atoms with Crippen LogP contribution in [0.5, 0.6) is 0 Å². The third-order valence-corrected chi connectivity index (χ3v) is 3.46. The fraction of sp³-hybridized carbons (Fsp3) is 0.444. The van der Waals surface area contributed by atoms with E-state index in [-0.39, 0.29) is 6.04 Å². The number of rotatable bonds is 4. The van der Waals surface area contributed by atoms with E-state index in [1.807, 2.05) is 47.6 Å². The highest BCUT2D eigenvalue weighted by Gasteiger charge is 2.18. The van der Waals surface area contributed by atoms with Crippen molar-refractivity contribution < 1.29 is 9.53 Å². The number of aromatic nitrogens is 2. The van der Waals surface area contributed by atoms with Crippen molar-refractivity contribution in [2.45, 2.75) is 53.2 Å². The average molecular weight is 365 g/mol. The minimum Gasteiger partial charge on any atom is -0.444 e. The summed E-state index contributed by atoms with van der Waals surface area (Å²) in [6.07, 6.45) is 1.21. The van der Waals surface area contributed by atoms with Gasteiger partial charge in [0.05, 0.1) is 11.4 Å². The van der Waals surface area contributed by atoms with Gasteiger partial charge in [0.2, 0.25) is 0 Å². The number of halogens is 1. The molecule has 2 aromatic rings. The van der Waals surface area contributed by atoms with Crippen LogP contribution in [0.25, 0.3) is 11.3 Å². The second-order valence-corrected chi connectivity index (χ2v) is 7.59. The highest BCUT2D eigenvalue weighted by atomic mass is 35.5. The molecule has 2 rings (SSSR count). The molecule has 0 aliphatic heterocycles. The fourth-order valence-corrected chi connectivity index (χ4v) is 2.48. The molecule has 0 radical (unpaired) electrons. The smallest absolute Gasteiger partial charge is 0.412 e. The summed E-state index contributed by atoms with van der Waals surface area (Å²) in [5.41, 5.74) is 3.52. The Kier molecular flexibility index (Phi) is 5.62. The Labute approximate surface area is 153 Å². The number of ether oxygens (including phenoxy) is 1. The maximum atomic E-state index is 12.0. The molecular formula is C18H25ClN4O2. The Hall–Kier alpha value is -2.21. The van der Waals surface area contributed by atoms with Gasteiger partial charge in [0, 0.05) is 29.2 Å². The lowest BCUT2D eigenvalue weighted by Gasteiger charge is -2.19. The number of aromatic amines is 1. The molecule has 0 spiro atoms. The number of hydrogen-bond acceptors (Lipinski definition) is 4. The van der Waals surface area contributed by atoms with Gasteiger partial charge in [-0.25, -0.2) is 9.78 Å². The summed E-state index contributed by atoms with van der Waals surface area (Å²) in [7, 11) is 0. The number of aryl methyl sites for hydroxylation is 1. The van der Waals surface area contributed by atoms with Gasteiger partial charge in [-0.2, -0.15) is 0 Å². The zero-order chi connectivity index (χ0) is 18.8. The van der Waals surface area contributed by atoms with Gasteiger partial charge in [-0.05, 0) is 53.7 Å². The molecule has 7 heteroatoms. The van der Waals surface area contributed by atoms with E-state index in [0.29, 0.717) is 10.8 Å². The third-order valence-electron chi connectivity index (χ3n) is 3.26. The van der Waals surface area contributed by atoms with Crippen LogP contribution in [0.3, 0.4) is 0 Å². The molecule has 0 aromatic carbocycles. The summed E-state index contributed by atoms with van der Waals surface area (Å²) in [4.78, 5) is 19.4. The van der Waals surface area contributed by atoms with E-state index in [1.165, 1.54) is 0 Å². The van der Waals surface area contributed by atoms with Crippen LogP contribution in [-0.2, 0) is 4.74 Å². The lowest BCUT2D eigenvalue weighted by molar-refractivity contribution is 0.0636. The first-order chi connectivity index (χ1) is 11.5. The second-order valence-electron chi connectivity index (χ2n) is 7.20. The van der Waals surface area contributed by atoms with E-state index in [4.69, 9.17) is 16.3 Å². The molecular weight excluding hydrogens is 340 g/mol. The van der Waals surface area contributed by atoms with Crippen molar-refractivity contribution in [2.24, 2.45) is 0 Å². The number of hydrogen-bond donors (Lipinski definition) is 3. The van der Waals surface area contributed by atoms with Crippen molar-refractivity contribution in [3.63, 3.8) is 0 Å². The second kappa shape index (κ2) is 7.35. The van der Waals surface area contributed by atoms with E-state index in [2.05, 4.69) is 20.6 Å². The van der Waals surface area contributed by atoms with Gasteiger partial charge >= 0.3 is 6.09 Å². The van der Waals surface area contributed by atoms with E-state index >= 15 is 0 Å². The summed E-state index contributed by atoms with van der Waals surface area (Å²) in [5.74, 6) is 0. The summed E-state index contributed by atoms with van der Waals surface area (Å²) in [6.45, 7) is 11.5. The number of amides is 1. The topological polar surface area (TPSA) is 79.0 Å². The first-order valence-electron chi connectivity index (χ1n) is 8.17. The van der Waals surface area contributed by atoms with Crippen LogP contribution >= 0.6 is 11.6 Å². The molecule has 0 bridgehead atoms. The van der Waals surface area contributed by atoms with Crippen LogP contribution in [0.1, 0.15) is 40.3 Å². The van der Waals surface area contributed by atoms with Crippen LogP contribution in [0, 0.1) is 6.92 Å². The molecule has 0 aliphatic carbocycles. The molecule has 2 heterocycles. The van der Waals surface area contributed by atoms with Gasteiger partial charge in [-0.15, -0.1) is 0 Å². The molecule has 0 aliphatic rings. The predicted octanol–water partition coefficient (Wildman–Crippen LogP) is 5.21. The summed E-state index contributed by atoms with van der Waals surface area (Å²) in [6, 6.07) is 3.89. The lowest BCUT2D eigenvalue weighted by Crippen LogP contribution is -2.27. The first kappa shape index (κ1) is 19.1. The van der Waals surface area contributed by atoms with Gasteiger partial charge in [-0.1, -0.05) is 11.6 Å². The quantitative estimate of drug-likeness (QED) is 0.651. The molecule has 0 unspecified atom stereocenters. The molecule has 0 atom stereocenters. The lowest BCUT2D eigenvalue weighted by atomic mass is 10.1. The van der Waals surface area contributed by atoms with Gasteiger partial charge in [-0.3, -0.25) is 5.32 Å². The normalized spacial score (nSPS) is 11.5. The Balaban J connectivity index is 2.29. The SMILES string of the molecule is Cc1[nH]c(-c2cnc(Cl)cc2NC(C)C)cc1NC(=O)OC(C)(C)C. The van der Waals surface area contributed by atoms with E-state index in [9.17, 15) is 4.79 Å². The number of pyridine rings is 1. The number of carbonyl (C=O) groups is 1. The number of anilines is 2. The highest BCUT2D eigenvalue weighted by Crippen LogP contribution is 2.32. The zero-order valence-corrected chi connectivity index (χ0v) is 16.2. The molecule has 25 heavy (non-hydrogen) atoms. The summed E-state index contributed by atoms with van der Waals surface area (Å²) >= 11 is 6.02. The molecule has 3 N–H and O–H groups in total. The van der Waals surface area contributed by atoms with E-state index < -0.39 is 11.7 Å². The van der Waals surface area contributed by atoms with E-state index in [1.54, 1.807) is 12.3 Å². The zero-order valence-electron chi connectivity index (χ0n) is 15.5. The predicted molar refractivity (Wildman–Crippen MR) is 102 cm³/mol. The van der Waals surface area contributed by atoms with Crippen molar-refractivity contribution in [1.82, 2.24) is 9.97 Å². The van der Waals surface area contributed by atoms with Crippen molar-refractivity contribution in [1.29, 1.82) is 0 Å². The van der Waals surface area contributed by atoms with Crippen LogP contribution < -0.4 is 10.6 Å². The first-order valence-corrected chi connectivity index (χ1v) is 8.55. The Morgan fingerprint density at radius 2 is 1.96 bits per heavy atom. The van der Waals surface area contributed by atoms with Gasteiger partial charge in [0.1, 0.15) is 10.8 Å². The molecule has 6 nitrogen and oxygen atoms in total. The average Bonchev–Trinajstić information content (AvgIpc) is 2.77. The molecule has 0 fully saturated rings. The standard InChI is InChI=1S/C18H25ClN4O2/c1-10(2)21-15-8-16(19)20-9-12(15)14-7-13(11(3)22-14)23-17(24)25-18(4,5)6/h7-10,22H,1-6H3,(H,20,21)(H,23,24). The number of H-pyrrole nitrogens is 1. The summed E-state index contributed by atoms with van der Waals surface area (Å²) in [5, 5.41) is 6.54. The van der Waals surface area contributed by atoms with Crippen LogP contribution in [0.15, 0.2) is 18.3 Å². The molecule has 2 aromatic heterocycles. The van der Waals surface area contributed by atoms with Gasteiger partial charge in [0.25, 0.3) is 0 Å². The van der Waals surface area contributed by atoms with Crippen LogP contribution in [0.4, 0.5) is 16.2 Å². The minimum absolute atomic E-state index is 0.243. The van der Waals surface area contributed by atoms with Crippen molar-refractivity contribution >= 4 is 29.1 Å². The van der Waals surface area contributed by atoms with E-state index in [0.717, 1.165) is 22.6 Å². The Morgan fingerprint density at radius 3 is 2.56 bits per heavy atom. The monoisotopic (exact) mass is 364 g/mol. The number of nitrogens with one attached hydrogen (secondary N) is 3. The van der Waals surface area contributed by atoms with Crippen LogP contribution in [0.2, 0.25) is 5.15 Å². The fourth-order valence-electron chi connectivity index (χ4n) is 2.32. The van der Waals surface area contributed by atoms with Crippen LogP contribution in [-0.4, -0.2) is 27.7 Å². The molecule has 0 saturated carbocycles. The molecule has 136 valence electrons. The highest BCUT2D eigenvalue weighted by molar-refractivity contribution is 6.29. The van der Waals surface area contributed by atoms with Crippen molar-refractivity contribution in [2.75, 3.05) is 10.6 Å². The molecule has 1 amide bonds. The van der Waals surface area contributed by atoms with Crippen molar-refractivity contribution in [3.05, 3.63) is 29.2 Å². The number of carbonyl (C=O) groups excluding carboxylic acids is 1. The maximum Gasteiger partial charge on any atom is 0.412 e. The number of nitrogens with zero attached hydrogens (tertiary/aromatic N) is 1. The Bertz CT molecular complexity index is 763. The molecule has 0 saturated heterocycles. The van der Waals surface area contributed by atoms with Crippen molar-refractivity contribution in [3.8, 4) is 11.3 Å². The third kappa shape index (κ3) is 5.39. The maximum absolute atomic E-state index is 12.0. The minimum atomic E-state index is -0.550. The van der Waals surface area contributed by atoms with Gasteiger partial charge in [0.15, 0.2) is 0 Å². The largest absolute Gasteiger partial charge is 0.444 e. The summed E-state index contributed by atoms with van der Waals surface area (Å²) < 4.78 is 5.30. The van der Waals surface area contributed by atoms with Gasteiger partial charge < -0.3 is 15.0 Å².